The Balaban J connectivity index is 1.66. The average Bonchev–Trinajstić information content (AvgIpc) is 3.10. The molecule has 1 aliphatic carbocycles. The van der Waals surface area contributed by atoms with Crippen LogP contribution in [0.25, 0.3) is 11.1 Å². The topological polar surface area (TPSA) is 43.4 Å². The van der Waals surface area contributed by atoms with Crippen LogP contribution in [-0.2, 0) is 10.1 Å². The van der Waals surface area contributed by atoms with E-state index in [-0.39, 0.29) is 16.6 Å². The van der Waals surface area contributed by atoms with Crippen LogP contribution in [0.3, 0.4) is 0 Å². The van der Waals surface area contributed by atoms with Crippen molar-refractivity contribution in [3.63, 3.8) is 0 Å². The van der Waals surface area contributed by atoms with Crippen LogP contribution in [0.2, 0.25) is 0 Å². The summed E-state index contributed by atoms with van der Waals surface area (Å²) in [6.45, 7) is 1.86. The number of rotatable bonds is 4. The van der Waals surface area contributed by atoms with Gasteiger partial charge in [0.2, 0.25) is 0 Å². The molecule has 0 unspecified atom stereocenters. The Labute approximate surface area is 180 Å². The quantitative estimate of drug-likeness (QED) is 0.325. The second-order valence-electron chi connectivity index (χ2n) is 7.62. The SMILES string of the molecule is Cc1ccc(S(=O)(=O)Oc2c(F)cccc2C2c3ccccc3-c3ccccc32)cc1. The summed E-state index contributed by atoms with van der Waals surface area (Å²) in [5.74, 6) is -1.30. The second-order valence-corrected chi connectivity index (χ2v) is 9.16. The Bertz CT molecular complexity index is 1350. The van der Waals surface area contributed by atoms with Gasteiger partial charge in [-0.15, -0.1) is 0 Å². The molecule has 5 heteroatoms. The molecule has 0 heterocycles. The molecular weight excluding hydrogens is 411 g/mol. The molecule has 0 saturated heterocycles. The number of fused-ring (bicyclic) bond motifs is 3. The summed E-state index contributed by atoms with van der Waals surface area (Å²) in [6, 6.07) is 26.6. The second kappa shape index (κ2) is 7.36. The summed E-state index contributed by atoms with van der Waals surface area (Å²) >= 11 is 0. The minimum absolute atomic E-state index is 0.0143. The lowest BCUT2D eigenvalue weighted by Gasteiger charge is -2.19. The number of benzene rings is 4. The third-order valence-electron chi connectivity index (χ3n) is 5.64. The predicted octanol–water partition coefficient (Wildman–Crippen LogP) is 6.06. The maximum Gasteiger partial charge on any atom is 0.339 e. The Kier molecular flexibility index (Phi) is 4.63. The van der Waals surface area contributed by atoms with Crippen molar-refractivity contribution in [2.75, 3.05) is 0 Å². The molecule has 0 atom stereocenters. The van der Waals surface area contributed by atoms with Gasteiger partial charge in [-0.3, -0.25) is 0 Å². The van der Waals surface area contributed by atoms with E-state index in [1.54, 1.807) is 24.3 Å². The maximum absolute atomic E-state index is 15.0. The van der Waals surface area contributed by atoms with E-state index in [1.165, 1.54) is 18.2 Å². The number of hydrogen-bond donors (Lipinski definition) is 0. The highest BCUT2D eigenvalue weighted by Crippen LogP contribution is 2.50. The first-order valence-corrected chi connectivity index (χ1v) is 11.3. The molecule has 0 aliphatic heterocycles. The van der Waals surface area contributed by atoms with Crippen LogP contribution in [0.1, 0.15) is 28.2 Å². The van der Waals surface area contributed by atoms with Crippen LogP contribution in [-0.4, -0.2) is 8.42 Å². The Morgan fingerprint density at radius 2 is 1.26 bits per heavy atom. The van der Waals surface area contributed by atoms with Crippen LogP contribution in [0.15, 0.2) is 95.9 Å². The molecule has 154 valence electrons. The molecule has 0 N–H and O–H groups in total. The monoisotopic (exact) mass is 430 g/mol. The molecule has 31 heavy (non-hydrogen) atoms. The van der Waals surface area contributed by atoms with Gasteiger partial charge in [-0.2, -0.15) is 8.42 Å². The number of hydrogen-bond acceptors (Lipinski definition) is 3. The highest BCUT2D eigenvalue weighted by atomic mass is 32.2. The van der Waals surface area contributed by atoms with Gasteiger partial charge in [0.15, 0.2) is 11.6 Å². The van der Waals surface area contributed by atoms with Crippen molar-refractivity contribution in [2.24, 2.45) is 0 Å². The molecule has 4 aromatic rings. The van der Waals surface area contributed by atoms with Crippen LogP contribution in [0, 0.1) is 12.7 Å². The highest BCUT2D eigenvalue weighted by Gasteiger charge is 2.33. The summed E-state index contributed by atoms with van der Waals surface area (Å²) < 4.78 is 46.3. The summed E-state index contributed by atoms with van der Waals surface area (Å²) in [5, 5.41) is 0. The lowest BCUT2D eigenvalue weighted by molar-refractivity contribution is 0.457. The molecule has 0 radical (unpaired) electrons. The lowest BCUT2D eigenvalue weighted by Crippen LogP contribution is -2.13. The fourth-order valence-corrected chi connectivity index (χ4v) is 5.16. The standard InChI is InChI=1S/C26H19FO3S/c1-17-13-15-18(16-14-17)31(28,29)30-26-23(11-6-12-24(26)27)25-21-9-4-2-7-19(21)20-8-3-5-10-22(20)25/h2-16,25H,1H3. The molecule has 0 saturated carbocycles. The molecule has 4 aromatic carbocycles. The highest BCUT2D eigenvalue weighted by molar-refractivity contribution is 7.87. The molecule has 0 fully saturated rings. The smallest absolute Gasteiger partial charge is 0.339 e. The van der Waals surface area contributed by atoms with Gasteiger partial charge in [-0.25, -0.2) is 4.39 Å². The van der Waals surface area contributed by atoms with Crippen molar-refractivity contribution in [1.82, 2.24) is 0 Å². The first kappa shape index (κ1) is 19.5. The van der Waals surface area contributed by atoms with E-state index in [0.29, 0.717) is 5.56 Å². The summed E-state index contributed by atoms with van der Waals surface area (Å²) in [7, 11) is -4.20. The van der Waals surface area contributed by atoms with Gasteiger partial charge in [-0.1, -0.05) is 78.4 Å². The molecule has 0 amide bonds. The normalized spacial score (nSPS) is 13.0. The minimum atomic E-state index is -4.20. The van der Waals surface area contributed by atoms with Gasteiger partial charge in [0.25, 0.3) is 0 Å². The summed E-state index contributed by atoms with van der Waals surface area (Å²) in [4.78, 5) is -0.0143. The van der Waals surface area contributed by atoms with Gasteiger partial charge in [-0.05, 0) is 47.4 Å². The van der Waals surface area contributed by atoms with Gasteiger partial charge >= 0.3 is 10.1 Å². The molecule has 0 spiro atoms. The van der Waals surface area contributed by atoms with E-state index in [0.717, 1.165) is 27.8 Å². The third kappa shape index (κ3) is 3.31. The van der Waals surface area contributed by atoms with Crippen molar-refractivity contribution < 1.29 is 17.0 Å². The molecule has 3 nitrogen and oxygen atoms in total. The zero-order chi connectivity index (χ0) is 21.6. The van der Waals surface area contributed by atoms with Crippen molar-refractivity contribution in [3.05, 3.63) is 119 Å². The van der Waals surface area contributed by atoms with Crippen molar-refractivity contribution >= 4 is 10.1 Å². The van der Waals surface area contributed by atoms with Crippen molar-refractivity contribution in [3.8, 4) is 16.9 Å². The molecular formula is C26H19FO3S. The van der Waals surface area contributed by atoms with Gasteiger partial charge in [0.05, 0.1) is 0 Å². The maximum atomic E-state index is 15.0. The first-order valence-electron chi connectivity index (χ1n) is 9.93. The van der Waals surface area contributed by atoms with E-state index in [9.17, 15) is 12.8 Å². The van der Waals surface area contributed by atoms with Gasteiger partial charge < -0.3 is 4.18 Å². The van der Waals surface area contributed by atoms with Crippen LogP contribution in [0.4, 0.5) is 4.39 Å². The van der Waals surface area contributed by atoms with Crippen molar-refractivity contribution in [2.45, 2.75) is 17.7 Å². The molecule has 0 bridgehead atoms. The number of halogens is 1. The fourth-order valence-electron chi connectivity index (χ4n) is 4.19. The fraction of sp³-hybridized carbons (Fsp3) is 0.0769. The molecule has 0 aromatic heterocycles. The number of aryl methyl sites for hydroxylation is 1. The van der Waals surface area contributed by atoms with Gasteiger partial charge in [0.1, 0.15) is 4.90 Å². The van der Waals surface area contributed by atoms with E-state index in [4.69, 9.17) is 4.18 Å². The predicted molar refractivity (Wildman–Crippen MR) is 118 cm³/mol. The third-order valence-corrected chi connectivity index (χ3v) is 6.88. The van der Waals surface area contributed by atoms with E-state index < -0.39 is 15.9 Å². The minimum Gasteiger partial charge on any atom is -0.375 e. The average molecular weight is 431 g/mol. The van der Waals surface area contributed by atoms with E-state index in [1.807, 2.05) is 55.5 Å². The Morgan fingerprint density at radius 1 is 0.710 bits per heavy atom. The Hall–Kier alpha value is -3.44. The van der Waals surface area contributed by atoms with Crippen LogP contribution < -0.4 is 4.18 Å². The molecule has 1 aliphatic rings. The summed E-state index contributed by atoms with van der Waals surface area (Å²) in [5.41, 5.74) is 5.50. The first-order chi connectivity index (χ1) is 15.0. The van der Waals surface area contributed by atoms with E-state index >= 15 is 0 Å². The lowest BCUT2D eigenvalue weighted by atomic mass is 9.89. The summed E-state index contributed by atoms with van der Waals surface area (Å²) in [6.07, 6.45) is 0. The molecule has 5 rings (SSSR count). The largest absolute Gasteiger partial charge is 0.375 e. The van der Waals surface area contributed by atoms with Gasteiger partial charge in [0, 0.05) is 11.5 Å². The number of para-hydroxylation sites is 1. The van der Waals surface area contributed by atoms with Crippen LogP contribution in [0.5, 0.6) is 5.75 Å². The Morgan fingerprint density at radius 3 is 1.87 bits per heavy atom. The van der Waals surface area contributed by atoms with Crippen molar-refractivity contribution in [1.29, 1.82) is 0 Å². The zero-order valence-electron chi connectivity index (χ0n) is 16.7. The van der Waals surface area contributed by atoms with Crippen LogP contribution >= 0.6 is 0 Å². The zero-order valence-corrected chi connectivity index (χ0v) is 17.6. The van der Waals surface area contributed by atoms with E-state index in [2.05, 4.69) is 0 Å².